The van der Waals surface area contributed by atoms with Gasteiger partial charge in [-0.3, -0.25) is 0 Å². The Labute approximate surface area is 53.3 Å². The lowest BCUT2D eigenvalue weighted by atomic mass is 10.2. The van der Waals surface area contributed by atoms with Crippen molar-refractivity contribution in [3.8, 4) is 0 Å². The van der Waals surface area contributed by atoms with Gasteiger partial charge >= 0.3 is 6.16 Å². The van der Waals surface area contributed by atoms with Gasteiger partial charge in [0.15, 0.2) is 0 Å². The smallest absolute Gasteiger partial charge is 0.433 e. The third kappa shape index (κ3) is 1.76. The Morgan fingerprint density at radius 3 is 3.33 bits per heavy atom. The van der Waals surface area contributed by atoms with Crippen LogP contribution in [0.5, 0.6) is 0 Å². The Morgan fingerprint density at radius 2 is 2.56 bits per heavy atom. The van der Waals surface area contributed by atoms with Crippen LogP contribution in [0.2, 0.25) is 0 Å². The van der Waals surface area contributed by atoms with Crippen molar-refractivity contribution in [3.63, 3.8) is 0 Å². The van der Waals surface area contributed by atoms with E-state index in [1.54, 1.807) is 6.08 Å². The topological polar surface area (TPSA) is 35.5 Å². The standard InChI is InChI=1S/C6H8O3/c1-5-2-3-8-6(7)9-4-5/h2-3,5H,4H2,1H3. The molecule has 0 fully saturated rings. The number of carbonyl (C=O) groups excluding carboxylic acids is 1. The van der Waals surface area contributed by atoms with Gasteiger partial charge in [0.2, 0.25) is 0 Å². The average Bonchev–Trinajstić information content (AvgIpc) is 1.97. The maximum Gasteiger partial charge on any atom is 0.513 e. The zero-order valence-corrected chi connectivity index (χ0v) is 5.16. The van der Waals surface area contributed by atoms with Crippen LogP contribution < -0.4 is 0 Å². The molecule has 0 bridgehead atoms. The van der Waals surface area contributed by atoms with Crippen molar-refractivity contribution in [2.75, 3.05) is 6.61 Å². The fourth-order valence-corrected chi connectivity index (χ4v) is 0.518. The molecular weight excluding hydrogens is 120 g/mol. The van der Waals surface area contributed by atoms with E-state index in [0.29, 0.717) is 6.61 Å². The second-order valence-corrected chi connectivity index (χ2v) is 1.98. The normalized spacial score (nSPS) is 26.3. The van der Waals surface area contributed by atoms with E-state index in [1.165, 1.54) is 6.26 Å². The number of hydrogen-bond donors (Lipinski definition) is 0. The lowest BCUT2D eigenvalue weighted by molar-refractivity contribution is 0.0852. The average molecular weight is 128 g/mol. The van der Waals surface area contributed by atoms with E-state index in [9.17, 15) is 4.79 Å². The second-order valence-electron chi connectivity index (χ2n) is 1.98. The Morgan fingerprint density at radius 1 is 1.78 bits per heavy atom. The largest absolute Gasteiger partial charge is 0.513 e. The van der Waals surface area contributed by atoms with Gasteiger partial charge in [-0.1, -0.05) is 6.92 Å². The first-order valence-corrected chi connectivity index (χ1v) is 2.79. The van der Waals surface area contributed by atoms with Crippen molar-refractivity contribution < 1.29 is 14.3 Å². The minimum Gasteiger partial charge on any atom is -0.433 e. The zero-order valence-electron chi connectivity index (χ0n) is 5.16. The van der Waals surface area contributed by atoms with Crippen molar-refractivity contribution in [2.45, 2.75) is 6.92 Å². The summed E-state index contributed by atoms with van der Waals surface area (Å²) in [5.74, 6) is 0.261. The summed E-state index contributed by atoms with van der Waals surface area (Å²) in [6, 6.07) is 0. The van der Waals surface area contributed by atoms with Crippen LogP contribution in [0.4, 0.5) is 4.79 Å². The molecule has 1 atom stereocenters. The summed E-state index contributed by atoms with van der Waals surface area (Å²) in [5.41, 5.74) is 0. The van der Waals surface area contributed by atoms with Gasteiger partial charge in [-0.05, 0) is 6.08 Å². The van der Waals surface area contributed by atoms with Crippen LogP contribution in [0.25, 0.3) is 0 Å². The number of cyclic esters (lactones) is 2. The van der Waals surface area contributed by atoms with Crippen LogP contribution in [-0.4, -0.2) is 12.8 Å². The molecule has 0 aromatic carbocycles. The molecule has 0 saturated heterocycles. The fourth-order valence-electron chi connectivity index (χ4n) is 0.518. The molecule has 1 aliphatic rings. The first kappa shape index (κ1) is 6.13. The van der Waals surface area contributed by atoms with Crippen LogP contribution in [0.3, 0.4) is 0 Å². The molecule has 0 aromatic rings. The summed E-state index contributed by atoms with van der Waals surface area (Å²) in [6.07, 6.45) is 2.53. The predicted octanol–water partition coefficient (Wildman–Crippen LogP) is 1.30. The van der Waals surface area contributed by atoms with Crippen molar-refractivity contribution in [1.29, 1.82) is 0 Å². The molecule has 3 nitrogen and oxygen atoms in total. The van der Waals surface area contributed by atoms with Crippen LogP contribution in [0.15, 0.2) is 12.3 Å². The molecule has 3 heteroatoms. The SMILES string of the molecule is CC1C=COC(=O)OC1. The van der Waals surface area contributed by atoms with Gasteiger partial charge in [-0.25, -0.2) is 4.79 Å². The van der Waals surface area contributed by atoms with Crippen molar-refractivity contribution >= 4 is 6.16 Å². The van der Waals surface area contributed by atoms with Crippen molar-refractivity contribution in [1.82, 2.24) is 0 Å². The second kappa shape index (κ2) is 2.53. The third-order valence-electron chi connectivity index (χ3n) is 1.04. The highest BCUT2D eigenvalue weighted by Crippen LogP contribution is 2.03. The Bertz CT molecular complexity index is 139. The fraction of sp³-hybridized carbons (Fsp3) is 0.500. The highest BCUT2D eigenvalue weighted by atomic mass is 16.7. The van der Waals surface area contributed by atoms with E-state index in [4.69, 9.17) is 0 Å². The van der Waals surface area contributed by atoms with Crippen molar-refractivity contribution in [2.24, 2.45) is 5.92 Å². The monoisotopic (exact) mass is 128 g/mol. The molecule has 0 spiro atoms. The minimum absolute atomic E-state index is 0.261. The van der Waals surface area contributed by atoms with E-state index in [1.807, 2.05) is 6.92 Å². The minimum atomic E-state index is -0.615. The molecule has 50 valence electrons. The molecular formula is C6H8O3. The van der Waals surface area contributed by atoms with Gasteiger partial charge in [0.05, 0.1) is 6.26 Å². The number of carbonyl (C=O) groups is 1. The summed E-state index contributed by atoms with van der Waals surface area (Å²) in [5, 5.41) is 0. The Balaban J connectivity index is 2.48. The molecule has 0 aliphatic carbocycles. The molecule has 0 saturated carbocycles. The maximum atomic E-state index is 10.3. The third-order valence-corrected chi connectivity index (χ3v) is 1.04. The van der Waals surface area contributed by atoms with Gasteiger partial charge in [0, 0.05) is 5.92 Å². The van der Waals surface area contributed by atoms with Gasteiger partial charge in [-0.2, -0.15) is 0 Å². The molecule has 1 aliphatic heterocycles. The van der Waals surface area contributed by atoms with E-state index in [2.05, 4.69) is 9.47 Å². The first-order chi connectivity index (χ1) is 4.29. The zero-order chi connectivity index (χ0) is 6.69. The van der Waals surface area contributed by atoms with Gasteiger partial charge in [0.25, 0.3) is 0 Å². The Hall–Kier alpha value is -0.990. The number of rotatable bonds is 0. The molecule has 0 radical (unpaired) electrons. The van der Waals surface area contributed by atoms with Crippen LogP contribution in [0, 0.1) is 5.92 Å². The molecule has 0 aromatic heterocycles. The summed E-state index contributed by atoms with van der Waals surface area (Å²) in [7, 11) is 0. The molecule has 1 unspecified atom stereocenters. The summed E-state index contributed by atoms with van der Waals surface area (Å²) >= 11 is 0. The maximum absolute atomic E-state index is 10.3. The molecule has 0 amide bonds. The van der Waals surface area contributed by atoms with E-state index < -0.39 is 6.16 Å². The van der Waals surface area contributed by atoms with Crippen molar-refractivity contribution in [3.05, 3.63) is 12.3 Å². The summed E-state index contributed by atoms with van der Waals surface area (Å²) in [6.45, 7) is 2.35. The van der Waals surface area contributed by atoms with E-state index >= 15 is 0 Å². The molecule has 9 heavy (non-hydrogen) atoms. The van der Waals surface area contributed by atoms with Crippen LogP contribution >= 0.6 is 0 Å². The number of ether oxygens (including phenoxy) is 2. The Kier molecular flexibility index (Phi) is 1.72. The van der Waals surface area contributed by atoms with E-state index in [0.717, 1.165) is 0 Å². The predicted molar refractivity (Wildman–Crippen MR) is 30.7 cm³/mol. The number of hydrogen-bond acceptors (Lipinski definition) is 3. The molecule has 1 rings (SSSR count). The van der Waals surface area contributed by atoms with E-state index in [-0.39, 0.29) is 5.92 Å². The van der Waals surface area contributed by atoms with Gasteiger partial charge < -0.3 is 9.47 Å². The van der Waals surface area contributed by atoms with Crippen LogP contribution in [-0.2, 0) is 9.47 Å². The highest BCUT2D eigenvalue weighted by Gasteiger charge is 2.08. The highest BCUT2D eigenvalue weighted by molar-refractivity contribution is 5.60. The van der Waals surface area contributed by atoms with Gasteiger partial charge in [-0.15, -0.1) is 0 Å². The molecule has 1 heterocycles. The lowest BCUT2D eigenvalue weighted by Gasteiger charge is -1.99. The first-order valence-electron chi connectivity index (χ1n) is 2.79. The quantitative estimate of drug-likeness (QED) is 0.461. The summed E-state index contributed by atoms with van der Waals surface area (Å²) in [4.78, 5) is 10.3. The lowest BCUT2D eigenvalue weighted by Crippen LogP contribution is -2.05. The van der Waals surface area contributed by atoms with Gasteiger partial charge in [0.1, 0.15) is 6.61 Å². The van der Waals surface area contributed by atoms with Crippen LogP contribution in [0.1, 0.15) is 6.92 Å². The summed E-state index contributed by atoms with van der Waals surface area (Å²) < 4.78 is 9.02. The molecule has 0 N–H and O–H groups in total.